The maximum atomic E-state index is 12.6. The van der Waals surface area contributed by atoms with Crippen LogP contribution in [-0.2, 0) is 0 Å². The van der Waals surface area contributed by atoms with E-state index in [2.05, 4.69) is 5.32 Å². The molecule has 1 N–H and O–H groups in total. The molecule has 1 fully saturated rings. The predicted molar refractivity (Wildman–Crippen MR) is 31.6 cm³/mol. The SMILES string of the molecule is CNC1CC(C)(F)C1. The Bertz CT molecular complexity index is 82.5. The van der Waals surface area contributed by atoms with Crippen molar-refractivity contribution >= 4 is 0 Å². The van der Waals surface area contributed by atoms with Crippen LogP contribution in [0.15, 0.2) is 0 Å². The summed E-state index contributed by atoms with van der Waals surface area (Å²) in [5.41, 5.74) is -0.867. The summed E-state index contributed by atoms with van der Waals surface area (Å²) < 4.78 is 12.6. The van der Waals surface area contributed by atoms with Crippen LogP contribution < -0.4 is 5.32 Å². The van der Waals surface area contributed by atoms with Gasteiger partial charge in [-0.2, -0.15) is 0 Å². The molecule has 1 saturated carbocycles. The fraction of sp³-hybridized carbons (Fsp3) is 1.00. The van der Waals surface area contributed by atoms with Crippen LogP contribution in [0.3, 0.4) is 0 Å². The third-order valence-electron chi connectivity index (χ3n) is 1.75. The summed E-state index contributed by atoms with van der Waals surface area (Å²) in [6.45, 7) is 1.65. The van der Waals surface area contributed by atoms with Gasteiger partial charge in [-0.1, -0.05) is 0 Å². The first-order valence-corrected chi connectivity index (χ1v) is 3.00. The molecule has 0 bridgehead atoms. The molecule has 1 nitrogen and oxygen atoms in total. The van der Waals surface area contributed by atoms with Gasteiger partial charge in [0.1, 0.15) is 5.67 Å². The van der Waals surface area contributed by atoms with Crippen molar-refractivity contribution in [3.63, 3.8) is 0 Å². The van der Waals surface area contributed by atoms with Crippen molar-refractivity contribution in [2.45, 2.75) is 31.5 Å². The minimum absolute atomic E-state index is 0.435. The Morgan fingerprint density at radius 1 is 1.62 bits per heavy atom. The van der Waals surface area contributed by atoms with Crippen LogP contribution in [0.1, 0.15) is 19.8 Å². The number of hydrogen-bond acceptors (Lipinski definition) is 1. The van der Waals surface area contributed by atoms with Crippen molar-refractivity contribution in [2.24, 2.45) is 0 Å². The molecular formula is C6H12FN. The van der Waals surface area contributed by atoms with Crippen LogP contribution in [-0.4, -0.2) is 18.8 Å². The predicted octanol–water partition coefficient (Wildman–Crippen LogP) is 1.10. The molecule has 0 saturated heterocycles. The molecule has 0 spiro atoms. The van der Waals surface area contributed by atoms with Crippen LogP contribution in [0.4, 0.5) is 4.39 Å². The molecule has 1 rings (SSSR count). The Labute approximate surface area is 49.3 Å². The zero-order valence-corrected chi connectivity index (χ0v) is 5.37. The Morgan fingerprint density at radius 2 is 2.12 bits per heavy atom. The highest BCUT2D eigenvalue weighted by Crippen LogP contribution is 2.34. The molecule has 1 aliphatic rings. The molecule has 0 atom stereocenters. The topological polar surface area (TPSA) is 12.0 Å². The van der Waals surface area contributed by atoms with Gasteiger partial charge in [0.05, 0.1) is 0 Å². The maximum Gasteiger partial charge on any atom is 0.111 e. The monoisotopic (exact) mass is 117 g/mol. The Morgan fingerprint density at radius 3 is 2.25 bits per heavy atom. The van der Waals surface area contributed by atoms with Gasteiger partial charge in [0, 0.05) is 6.04 Å². The van der Waals surface area contributed by atoms with Crippen LogP contribution in [0, 0.1) is 0 Å². The average molecular weight is 117 g/mol. The summed E-state index contributed by atoms with van der Waals surface area (Å²) in [6.07, 6.45) is 1.37. The normalized spacial score (nSPS) is 46.1. The smallest absolute Gasteiger partial charge is 0.111 e. The second kappa shape index (κ2) is 1.69. The van der Waals surface area contributed by atoms with E-state index in [9.17, 15) is 4.39 Å². The number of halogens is 1. The Hall–Kier alpha value is -0.110. The molecule has 0 aromatic heterocycles. The van der Waals surface area contributed by atoms with Crippen LogP contribution >= 0.6 is 0 Å². The molecule has 0 amide bonds. The van der Waals surface area contributed by atoms with E-state index in [1.165, 1.54) is 0 Å². The maximum absolute atomic E-state index is 12.6. The molecule has 0 aromatic carbocycles. The van der Waals surface area contributed by atoms with Crippen molar-refractivity contribution in [1.29, 1.82) is 0 Å². The highest BCUT2D eigenvalue weighted by Gasteiger charge is 2.39. The standard InChI is InChI=1S/C6H12FN/c1-6(7)3-5(4-6)8-2/h5,8H,3-4H2,1-2H3. The molecular weight excluding hydrogens is 105 g/mol. The average Bonchev–Trinajstić information content (AvgIpc) is 1.60. The summed E-state index contributed by atoms with van der Waals surface area (Å²) in [7, 11) is 1.87. The van der Waals surface area contributed by atoms with E-state index >= 15 is 0 Å². The molecule has 0 aromatic rings. The van der Waals surface area contributed by atoms with Crippen molar-refractivity contribution in [3.8, 4) is 0 Å². The van der Waals surface area contributed by atoms with Crippen LogP contribution in [0.5, 0.6) is 0 Å². The van der Waals surface area contributed by atoms with Crippen LogP contribution in [0.25, 0.3) is 0 Å². The number of hydrogen-bond donors (Lipinski definition) is 1. The van der Waals surface area contributed by atoms with Crippen molar-refractivity contribution in [2.75, 3.05) is 7.05 Å². The van der Waals surface area contributed by atoms with Gasteiger partial charge in [-0.3, -0.25) is 0 Å². The van der Waals surface area contributed by atoms with E-state index in [1.54, 1.807) is 6.92 Å². The van der Waals surface area contributed by atoms with E-state index in [-0.39, 0.29) is 0 Å². The quantitative estimate of drug-likeness (QED) is 0.542. The minimum atomic E-state index is -0.867. The van der Waals surface area contributed by atoms with Crippen molar-refractivity contribution < 1.29 is 4.39 Å². The van der Waals surface area contributed by atoms with Crippen molar-refractivity contribution in [3.05, 3.63) is 0 Å². The first kappa shape index (κ1) is 6.02. The first-order chi connectivity index (χ1) is 3.64. The summed E-state index contributed by atoms with van der Waals surface area (Å²) in [4.78, 5) is 0. The number of rotatable bonds is 1. The molecule has 0 aliphatic heterocycles. The van der Waals surface area contributed by atoms with E-state index in [0.29, 0.717) is 18.9 Å². The molecule has 8 heavy (non-hydrogen) atoms. The number of nitrogens with one attached hydrogen (secondary N) is 1. The van der Waals surface area contributed by atoms with Gasteiger partial charge in [-0.25, -0.2) is 4.39 Å². The lowest BCUT2D eigenvalue weighted by atomic mass is 9.79. The van der Waals surface area contributed by atoms with Crippen molar-refractivity contribution in [1.82, 2.24) is 5.32 Å². The largest absolute Gasteiger partial charge is 0.317 e. The molecule has 0 unspecified atom stereocenters. The third-order valence-corrected chi connectivity index (χ3v) is 1.75. The second-order valence-corrected chi connectivity index (χ2v) is 2.81. The fourth-order valence-electron chi connectivity index (χ4n) is 1.17. The summed E-state index contributed by atoms with van der Waals surface area (Å²) in [5, 5.41) is 3.02. The van der Waals surface area contributed by atoms with Gasteiger partial charge in [-0.05, 0) is 26.8 Å². The van der Waals surface area contributed by atoms with Gasteiger partial charge >= 0.3 is 0 Å². The molecule has 48 valence electrons. The van der Waals surface area contributed by atoms with E-state index < -0.39 is 5.67 Å². The summed E-state index contributed by atoms with van der Waals surface area (Å²) in [5.74, 6) is 0. The zero-order valence-electron chi connectivity index (χ0n) is 5.37. The van der Waals surface area contributed by atoms with E-state index in [4.69, 9.17) is 0 Å². The zero-order chi connectivity index (χ0) is 6.20. The van der Waals surface area contributed by atoms with E-state index in [0.717, 1.165) is 0 Å². The van der Waals surface area contributed by atoms with Gasteiger partial charge in [-0.15, -0.1) is 0 Å². The van der Waals surface area contributed by atoms with Gasteiger partial charge in [0.25, 0.3) is 0 Å². The highest BCUT2D eigenvalue weighted by molar-refractivity contribution is 4.94. The molecule has 1 aliphatic carbocycles. The Kier molecular flexibility index (Phi) is 1.27. The van der Waals surface area contributed by atoms with E-state index in [1.807, 2.05) is 7.05 Å². The molecule has 0 heterocycles. The first-order valence-electron chi connectivity index (χ1n) is 3.00. The third kappa shape index (κ3) is 0.996. The minimum Gasteiger partial charge on any atom is -0.317 e. The second-order valence-electron chi connectivity index (χ2n) is 2.81. The van der Waals surface area contributed by atoms with Gasteiger partial charge < -0.3 is 5.32 Å². The fourth-order valence-corrected chi connectivity index (χ4v) is 1.17. The van der Waals surface area contributed by atoms with Crippen LogP contribution in [0.2, 0.25) is 0 Å². The molecule has 2 heteroatoms. The molecule has 0 radical (unpaired) electrons. The summed E-state index contributed by atoms with van der Waals surface area (Å²) in [6, 6.07) is 0.435. The lowest BCUT2D eigenvalue weighted by Gasteiger charge is -2.38. The number of alkyl halides is 1. The lowest BCUT2D eigenvalue weighted by molar-refractivity contribution is 0.0515. The highest BCUT2D eigenvalue weighted by atomic mass is 19.1. The van der Waals surface area contributed by atoms with Gasteiger partial charge in [0.15, 0.2) is 0 Å². The summed E-state index contributed by atoms with van der Waals surface area (Å²) >= 11 is 0. The Balaban J connectivity index is 2.21. The van der Waals surface area contributed by atoms with Gasteiger partial charge in [0.2, 0.25) is 0 Å². The lowest BCUT2D eigenvalue weighted by Crippen LogP contribution is -2.47.